The van der Waals surface area contributed by atoms with E-state index in [1.165, 1.54) is 23.2 Å². The predicted octanol–water partition coefficient (Wildman–Crippen LogP) is 0.0731. The number of amides is 2. The van der Waals surface area contributed by atoms with Gasteiger partial charge in [0.25, 0.3) is 0 Å². The first-order valence-electron chi connectivity index (χ1n) is 6.10. The smallest absolute Gasteiger partial charge is 0.243 e. The molecule has 0 aromatic carbocycles. The van der Waals surface area contributed by atoms with E-state index in [9.17, 15) is 19.5 Å². The number of rotatable bonds is 4. The normalized spacial score (nSPS) is 18.9. The van der Waals surface area contributed by atoms with Crippen molar-refractivity contribution in [2.75, 3.05) is 0 Å². The first kappa shape index (κ1) is 14.5. The third-order valence-corrected chi connectivity index (χ3v) is 4.10. The van der Waals surface area contributed by atoms with Crippen molar-refractivity contribution in [1.82, 2.24) is 9.88 Å². The Morgan fingerprint density at radius 2 is 2.20 bits per heavy atom. The number of imide groups is 1. The summed E-state index contributed by atoms with van der Waals surface area (Å²) in [6.45, 7) is 3.52. The van der Waals surface area contributed by atoms with Crippen molar-refractivity contribution in [3.8, 4) is 0 Å². The summed E-state index contributed by atoms with van der Waals surface area (Å²) in [5.41, 5.74) is -0.0688. The molecule has 1 aliphatic heterocycles. The van der Waals surface area contributed by atoms with Crippen LogP contribution in [0.3, 0.4) is 0 Å². The molecule has 106 valence electrons. The van der Waals surface area contributed by atoms with Crippen molar-refractivity contribution in [2.45, 2.75) is 36.6 Å². The van der Waals surface area contributed by atoms with E-state index in [-0.39, 0.29) is 34.9 Å². The standard InChI is InChI=1S/C13H14N2O4S/c1-7(2)15-10(16)6-9(12(15)17)20-11-8(13(18)19)4-3-5-14-11/h3-5,7,9H,6H2,1-2H3,(H,18,19)/p-1/t9-/m1/s1. The minimum absolute atomic E-state index is 0.0603. The second kappa shape index (κ2) is 5.62. The second-order valence-electron chi connectivity index (χ2n) is 4.65. The van der Waals surface area contributed by atoms with Crippen LogP contribution < -0.4 is 5.11 Å². The molecule has 0 radical (unpaired) electrons. The zero-order valence-electron chi connectivity index (χ0n) is 11.0. The molecular weight excluding hydrogens is 280 g/mol. The molecule has 2 heterocycles. The lowest BCUT2D eigenvalue weighted by Gasteiger charge is -2.19. The third-order valence-electron chi connectivity index (χ3n) is 2.90. The Hall–Kier alpha value is -1.89. The molecule has 6 nitrogen and oxygen atoms in total. The van der Waals surface area contributed by atoms with E-state index in [2.05, 4.69) is 4.98 Å². The summed E-state index contributed by atoms with van der Waals surface area (Å²) < 4.78 is 0. The Morgan fingerprint density at radius 3 is 2.75 bits per heavy atom. The molecule has 0 spiro atoms. The van der Waals surface area contributed by atoms with Gasteiger partial charge in [-0.15, -0.1) is 0 Å². The van der Waals surface area contributed by atoms with Crippen LogP contribution in [0.25, 0.3) is 0 Å². The summed E-state index contributed by atoms with van der Waals surface area (Å²) in [6.07, 6.45) is 1.50. The highest BCUT2D eigenvalue weighted by molar-refractivity contribution is 8.00. The van der Waals surface area contributed by atoms with E-state index >= 15 is 0 Å². The van der Waals surface area contributed by atoms with Crippen LogP contribution in [0.4, 0.5) is 0 Å². The number of aromatic nitrogens is 1. The number of hydrogen-bond donors (Lipinski definition) is 0. The maximum atomic E-state index is 12.1. The number of carboxylic acids is 1. The molecule has 0 bridgehead atoms. The number of likely N-dealkylation sites (tertiary alicyclic amines) is 1. The zero-order chi connectivity index (χ0) is 14.9. The fourth-order valence-electron chi connectivity index (χ4n) is 2.03. The van der Waals surface area contributed by atoms with Crippen molar-refractivity contribution in [2.24, 2.45) is 0 Å². The van der Waals surface area contributed by atoms with Gasteiger partial charge in [-0.25, -0.2) is 4.98 Å². The molecule has 0 aliphatic carbocycles. The van der Waals surface area contributed by atoms with E-state index < -0.39 is 11.2 Å². The van der Waals surface area contributed by atoms with E-state index in [0.717, 1.165) is 11.8 Å². The zero-order valence-corrected chi connectivity index (χ0v) is 11.8. The van der Waals surface area contributed by atoms with Crippen molar-refractivity contribution < 1.29 is 19.5 Å². The Bertz CT molecular complexity index is 573. The third kappa shape index (κ3) is 2.67. The lowest BCUT2D eigenvalue weighted by molar-refractivity contribution is -0.255. The number of carbonyl (C=O) groups excluding carboxylic acids is 3. The monoisotopic (exact) mass is 293 g/mol. The summed E-state index contributed by atoms with van der Waals surface area (Å²) in [6, 6.07) is 2.65. The van der Waals surface area contributed by atoms with Crippen LogP contribution in [0.15, 0.2) is 23.4 Å². The van der Waals surface area contributed by atoms with Crippen LogP contribution >= 0.6 is 11.8 Å². The van der Waals surface area contributed by atoms with Gasteiger partial charge in [0.1, 0.15) is 5.03 Å². The lowest BCUT2D eigenvalue weighted by atomic mass is 10.3. The average Bonchev–Trinajstić information content (AvgIpc) is 2.64. The van der Waals surface area contributed by atoms with Crippen molar-refractivity contribution in [1.29, 1.82) is 0 Å². The maximum Gasteiger partial charge on any atom is 0.243 e. The van der Waals surface area contributed by atoms with Crippen LogP contribution in [-0.2, 0) is 9.59 Å². The molecule has 1 atom stereocenters. The minimum atomic E-state index is -1.35. The summed E-state index contributed by atoms with van der Waals surface area (Å²) in [4.78, 5) is 40.1. The molecule has 1 fully saturated rings. The van der Waals surface area contributed by atoms with Gasteiger partial charge in [-0.2, -0.15) is 0 Å². The molecule has 0 saturated carbocycles. The Morgan fingerprint density at radius 1 is 1.50 bits per heavy atom. The molecule has 1 aliphatic rings. The average molecular weight is 293 g/mol. The van der Waals surface area contributed by atoms with Gasteiger partial charge in [-0.3, -0.25) is 14.5 Å². The summed E-state index contributed by atoms with van der Waals surface area (Å²) in [7, 11) is 0. The van der Waals surface area contributed by atoms with Gasteiger partial charge in [0.05, 0.1) is 11.2 Å². The SMILES string of the molecule is CC(C)N1C(=O)C[C@@H](Sc2ncccc2C(=O)[O-])C1=O. The Balaban J connectivity index is 2.22. The second-order valence-corrected chi connectivity index (χ2v) is 5.84. The van der Waals surface area contributed by atoms with Gasteiger partial charge in [0.15, 0.2) is 0 Å². The molecule has 2 rings (SSSR count). The number of thioether (sulfide) groups is 1. The van der Waals surface area contributed by atoms with Gasteiger partial charge < -0.3 is 9.90 Å². The number of carboxylic acid groups (broad SMARTS) is 1. The molecule has 20 heavy (non-hydrogen) atoms. The molecule has 1 aromatic rings. The first-order valence-corrected chi connectivity index (χ1v) is 6.98. The molecule has 2 amide bonds. The summed E-state index contributed by atoms with van der Waals surface area (Å²) in [5.74, 6) is -1.89. The fourth-order valence-corrected chi connectivity index (χ4v) is 3.14. The molecule has 1 saturated heterocycles. The highest BCUT2D eigenvalue weighted by Gasteiger charge is 2.40. The van der Waals surface area contributed by atoms with E-state index in [4.69, 9.17) is 0 Å². The number of carbonyl (C=O) groups is 3. The molecule has 0 N–H and O–H groups in total. The Labute approximate surface area is 120 Å². The number of hydrogen-bond acceptors (Lipinski definition) is 6. The van der Waals surface area contributed by atoms with Crippen molar-refractivity contribution >= 4 is 29.5 Å². The molecular formula is C13H13N2O4S-. The van der Waals surface area contributed by atoms with Crippen LogP contribution in [0, 0.1) is 0 Å². The van der Waals surface area contributed by atoms with E-state index in [1.54, 1.807) is 13.8 Å². The van der Waals surface area contributed by atoms with Crippen LogP contribution in [-0.4, -0.2) is 39.0 Å². The quantitative estimate of drug-likeness (QED) is 0.730. The minimum Gasteiger partial charge on any atom is -0.545 e. The lowest BCUT2D eigenvalue weighted by Crippen LogP contribution is -2.37. The highest BCUT2D eigenvalue weighted by atomic mass is 32.2. The number of aromatic carboxylic acids is 1. The van der Waals surface area contributed by atoms with Gasteiger partial charge in [-0.1, -0.05) is 11.8 Å². The van der Waals surface area contributed by atoms with Crippen molar-refractivity contribution in [3.63, 3.8) is 0 Å². The maximum absolute atomic E-state index is 12.1. The Kier molecular flexibility index (Phi) is 4.08. The molecule has 0 unspecified atom stereocenters. The molecule has 1 aromatic heterocycles. The van der Waals surface area contributed by atoms with Crippen LogP contribution in [0.5, 0.6) is 0 Å². The molecule has 7 heteroatoms. The summed E-state index contributed by atoms with van der Waals surface area (Å²) in [5, 5.41) is 10.6. The van der Waals surface area contributed by atoms with Crippen molar-refractivity contribution in [3.05, 3.63) is 23.9 Å². The van der Waals surface area contributed by atoms with Crippen LogP contribution in [0.1, 0.15) is 30.6 Å². The van der Waals surface area contributed by atoms with Gasteiger partial charge in [0.2, 0.25) is 11.8 Å². The highest BCUT2D eigenvalue weighted by Crippen LogP contribution is 2.32. The fraction of sp³-hybridized carbons (Fsp3) is 0.385. The number of pyridine rings is 1. The van der Waals surface area contributed by atoms with Crippen LogP contribution in [0.2, 0.25) is 0 Å². The van der Waals surface area contributed by atoms with Gasteiger partial charge in [-0.05, 0) is 26.0 Å². The van der Waals surface area contributed by atoms with Gasteiger partial charge >= 0.3 is 0 Å². The summed E-state index contributed by atoms with van der Waals surface area (Å²) >= 11 is 0.995. The first-order chi connectivity index (χ1) is 9.41. The topological polar surface area (TPSA) is 90.4 Å². The van der Waals surface area contributed by atoms with E-state index in [1.807, 2.05) is 0 Å². The predicted molar refractivity (Wildman–Crippen MR) is 69.8 cm³/mol. The van der Waals surface area contributed by atoms with E-state index in [0.29, 0.717) is 0 Å². The van der Waals surface area contributed by atoms with Gasteiger partial charge in [0, 0.05) is 24.2 Å². The number of nitrogens with zero attached hydrogens (tertiary/aromatic N) is 2. The largest absolute Gasteiger partial charge is 0.545 e.